The quantitative estimate of drug-likeness (QED) is 0.915. The highest BCUT2D eigenvalue weighted by atomic mass is 19.1. The molecular formula is C18H27FN2. The maximum atomic E-state index is 13.5. The zero-order valence-electron chi connectivity index (χ0n) is 13.4. The van der Waals surface area contributed by atoms with Crippen LogP contribution >= 0.6 is 0 Å². The summed E-state index contributed by atoms with van der Waals surface area (Å²) >= 11 is 0. The summed E-state index contributed by atoms with van der Waals surface area (Å²) in [5.41, 5.74) is 2.34. The number of piperazine rings is 1. The number of halogens is 1. The predicted octanol–water partition coefficient (Wildman–Crippen LogP) is 3.34. The van der Waals surface area contributed by atoms with Crippen LogP contribution in [0.3, 0.4) is 0 Å². The molecular weight excluding hydrogens is 263 g/mol. The molecule has 3 heteroatoms. The molecule has 1 aromatic carbocycles. The third kappa shape index (κ3) is 3.46. The van der Waals surface area contributed by atoms with E-state index in [9.17, 15) is 4.39 Å². The minimum absolute atomic E-state index is 0.117. The Hall–Kier alpha value is -0.930. The SMILES string of the molecule is Cc1ccc(F)cc1CN1CC(C(C)C)NCC1C1CC1. The summed E-state index contributed by atoms with van der Waals surface area (Å²) < 4.78 is 13.5. The summed E-state index contributed by atoms with van der Waals surface area (Å²) in [5.74, 6) is 1.37. The van der Waals surface area contributed by atoms with Crippen molar-refractivity contribution in [2.45, 2.75) is 52.2 Å². The summed E-state index contributed by atoms with van der Waals surface area (Å²) in [5, 5.41) is 3.72. The van der Waals surface area contributed by atoms with Gasteiger partial charge in [0.2, 0.25) is 0 Å². The van der Waals surface area contributed by atoms with Gasteiger partial charge < -0.3 is 5.32 Å². The van der Waals surface area contributed by atoms with Gasteiger partial charge in [0.1, 0.15) is 5.82 Å². The van der Waals surface area contributed by atoms with E-state index in [1.807, 2.05) is 6.07 Å². The average Bonchev–Trinajstić information content (AvgIpc) is 3.27. The van der Waals surface area contributed by atoms with Crippen LogP contribution in [0.25, 0.3) is 0 Å². The average molecular weight is 290 g/mol. The minimum atomic E-state index is -0.117. The summed E-state index contributed by atoms with van der Waals surface area (Å²) in [6.45, 7) is 9.69. The highest BCUT2D eigenvalue weighted by Crippen LogP contribution is 2.37. The zero-order valence-corrected chi connectivity index (χ0v) is 13.4. The van der Waals surface area contributed by atoms with E-state index >= 15 is 0 Å². The van der Waals surface area contributed by atoms with Crippen molar-refractivity contribution in [3.63, 3.8) is 0 Å². The van der Waals surface area contributed by atoms with Crippen molar-refractivity contribution >= 4 is 0 Å². The van der Waals surface area contributed by atoms with Crippen molar-refractivity contribution in [2.75, 3.05) is 13.1 Å². The number of hydrogen-bond donors (Lipinski definition) is 1. The van der Waals surface area contributed by atoms with Gasteiger partial charge in [0, 0.05) is 31.7 Å². The smallest absolute Gasteiger partial charge is 0.123 e. The lowest BCUT2D eigenvalue weighted by Gasteiger charge is -2.42. The number of hydrogen-bond acceptors (Lipinski definition) is 2. The summed E-state index contributed by atoms with van der Waals surface area (Å²) in [6.07, 6.45) is 2.72. The molecule has 1 saturated heterocycles. The Labute approximate surface area is 127 Å². The molecule has 2 fully saturated rings. The maximum Gasteiger partial charge on any atom is 0.123 e. The van der Waals surface area contributed by atoms with Gasteiger partial charge in [-0.3, -0.25) is 4.90 Å². The van der Waals surface area contributed by atoms with Crippen LogP contribution in [-0.2, 0) is 6.54 Å². The number of benzene rings is 1. The van der Waals surface area contributed by atoms with Crippen molar-refractivity contribution in [1.29, 1.82) is 0 Å². The highest BCUT2D eigenvalue weighted by molar-refractivity contribution is 5.26. The van der Waals surface area contributed by atoms with Crippen LogP contribution < -0.4 is 5.32 Å². The van der Waals surface area contributed by atoms with Gasteiger partial charge in [-0.1, -0.05) is 19.9 Å². The summed E-state index contributed by atoms with van der Waals surface area (Å²) in [4.78, 5) is 2.60. The van der Waals surface area contributed by atoms with Crippen molar-refractivity contribution in [1.82, 2.24) is 10.2 Å². The van der Waals surface area contributed by atoms with Crippen molar-refractivity contribution in [3.8, 4) is 0 Å². The molecule has 1 aromatic rings. The van der Waals surface area contributed by atoms with Gasteiger partial charge in [-0.15, -0.1) is 0 Å². The van der Waals surface area contributed by atoms with E-state index in [2.05, 4.69) is 31.0 Å². The second-order valence-electron chi connectivity index (χ2n) is 7.16. The Balaban J connectivity index is 1.76. The van der Waals surface area contributed by atoms with Crippen LogP contribution in [0.5, 0.6) is 0 Å². The lowest BCUT2D eigenvalue weighted by atomic mass is 9.96. The van der Waals surface area contributed by atoms with Gasteiger partial charge in [0.05, 0.1) is 0 Å². The molecule has 2 unspecified atom stereocenters. The number of rotatable bonds is 4. The number of nitrogens with zero attached hydrogens (tertiary/aromatic N) is 1. The third-order valence-corrected chi connectivity index (χ3v) is 5.14. The molecule has 1 N–H and O–H groups in total. The minimum Gasteiger partial charge on any atom is -0.311 e. The Kier molecular flexibility index (Phi) is 4.32. The number of aryl methyl sites for hydroxylation is 1. The van der Waals surface area contributed by atoms with Gasteiger partial charge in [0.15, 0.2) is 0 Å². The standard InChI is InChI=1S/C18H27FN2/c1-12(2)17-11-21(18(9-20-17)14-5-6-14)10-15-8-16(19)7-4-13(15)3/h4,7-8,12,14,17-18,20H,5-6,9-11H2,1-3H3. The fourth-order valence-electron chi connectivity index (χ4n) is 3.46. The molecule has 2 nitrogen and oxygen atoms in total. The third-order valence-electron chi connectivity index (χ3n) is 5.14. The van der Waals surface area contributed by atoms with E-state index in [1.54, 1.807) is 12.1 Å². The van der Waals surface area contributed by atoms with Crippen LogP contribution in [0, 0.1) is 24.6 Å². The molecule has 1 aliphatic heterocycles. The first-order chi connectivity index (χ1) is 10.0. The van der Waals surface area contributed by atoms with Crippen LogP contribution in [0.4, 0.5) is 4.39 Å². The predicted molar refractivity (Wildman–Crippen MR) is 84.7 cm³/mol. The Morgan fingerprint density at radius 1 is 1.33 bits per heavy atom. The summed E-state index contributed by atoms with van der Waals surface area (Å²) in [6, 6.07) is 6.35. The van der Waals surface area contributed by atoms with E-state index in [1.165, 1.54) is 18.4 Å². The molecule has 0 radical (unpaired) electrons. The van der Waals surface area contributed by atoms with E-state index in [4.69, 9.17) is 0 Å². The number of nitrogens with one attached hydrogen (secondary N) is 1. The topological polar surface area (TPSA) is 15.3 Å². The van der Waals surface area contributed by atoms with Gasteiger partial charge in [-0.25, -0.2) is 4.39 Å². The molecule has 2 aliphatic rings. The second kappa shape index (κ2) is 6.05. The Morgan fingerprint density at radius 2 is 2.10 bits per heavy atom. The monoisotopic (exact) mass is 290 g/mol. The van der Waals surface area contributed by atoms with Crippen LogP contribution in [0.2, 0.25) is 0 Å². The van der Waals surface area contributed by atoms with E-state index in [-0.39, 0.29) is 5.82 Å². The van der Waals surface area contributed by atoms with Crippen LogP contribution in [0.1, 0.15) is 37.8 Å². The molecule has 3 rings (SSSR count). The maximum absolute atomic E-state index is 13.5. The lowest BCUT2D eigenvalue weighted by molar-refractivity contribution is 0.0924. The molecule has 2 atom stereocenters. The molecule has 0 bridgehead atoms. The van der Waals surface area contributed by atoms with E-state index in [0.29, 0.717) is 18.0 Å². The normalized spacial score (nSPS) is 27.3. The van der Waals surface area contributed by atoms with Crippen molar-refractivity contribution in [2.24, 2.45) is 11.8 Å². The van der Waals surface area contributed by atoms with Gasteiger partial charge in [0.25, 0.3) is 0 Å². The first-order valence-electron chi connectivity index (χ1n) is 8.27. The molecule has 0 spiro atoms. The van der Waals surface area contributed by atoms with Crippen molar-refractivity contribution in [3.05, 3.63) is 35.1 Å². The summed E-state index contributed by atoms with van der Waals surface area (Å²) in [7, 11) is 0. The molecule has 0 aromatic heterocycles. The van der Waals surface area contributed by atoms with E-state index < -0.39 is 0 Å². The Morgan fingerprint density at radius 3 is 2.76 bits per heavy atom. The van der Waals surface area contributed by atoms with Gasteiger partial charge in [-0.05, 0) is 54.9 Å². The Bertz CT molecular complexity index is 496. The molecule has 21 heavy (non-hydrogen) atoms. The zero-order chi connectivity index (χ0) is 15.0. The van der Waals surface area contributed by atoms with Crippen molar-refractivity contribution < 1.29 is 4.39 Å². The van der Waals surface area contributed by atoms with Gasteiger partial charge in [-0.2, -0.15) is 0 Å². The molecule has 1 saturated carbocycles. The molecule has 1 aliphatic carbocycles. The molecule has 116 valence electrons. The largest absolute Gasteiger partial charge is 0.311 e. The fraction of sp³-hybridized carbons (Fsp3) is 0.667. The second-order valence-corrected chi connectivity index (χ2v) is 7.16. The first kappa shape index (κ1) is 15.0. The van der Waals surface area contributed by atoms with E-state index in [0.717, 1.165) is 31.1 Å². The first-order valence-corrected chi connectivity index (χ1v) is 8.27. The van der Waals surface area contributed by atoms with Gasteiger partial charge >= 0.3 is 0 Å². The molecule has 1 heterocycles. The van der Waals surface area contributed by atoms with Crippen LogP contribution in [-0.4, -0.2) is 30.1 Å². The lowest BCUT2D eigenvalue weighted by Crippen LogP contribution is -2.58. The highest BCUT2D eigenvalue weighted by Gasteiger charge is 2.39. The molecule has 0 amide bonds. The fourth-order valence-corrected chi connectivity index (χ4v) is 3.46. The van der Waals surface area contributed by atoms with Crippen LogP contribution in [0.15, 0.2) is 18.2 Å².